The van der Waals surface area contributed by atoms with Gasteiger partial charge in [-0.2, -0.15) is 0 Å². The molecule has 4 N–H and O–H groups in total. The van der Waals surface area contributed by atoms with Crippen LogP contribution in [0.1, 0.15) is 13.3 Å². The molecule has 0 heterocycles. The third kappa shape index (κ3) is 213. The van der Waals surface area contributed by atoms with Gasteiger partial charge in [0.1, 0.15) is 0 Å². The van der Waals surface area contributed by atoms with Crippen molar-refractivity contribution >= 4 is 35.8 Å². The summed E-state index contributed by atoms with van der Waals surface area (Å²) >= 11 is 1.31. The zero-order valence-electron chi connectivity index (χ0n) is 7.06. The van der Waals surface area contributed by atoms with E-state index in [0.29, 0.717) is 6.61 Å². The van der Waals surface area contributed by atoms with Crippen LogP contribution in [0.15, 0.2) is 0 Å². The molecule has 0 rings (SSSR count). The average molecular weight is 196 g/mol. The molecule has 7 heteroatoms. The first kappa shape index (κ1) is 18.0. The minimum atomic E-state index is -4.64. The van der Waals surface area contributed by atoms with Gasteiger partial charge in [0.05, 0.1) is 0 Å². The van der Waals surface area contributed by atoms with E-state index >= 15 is 0 Å². The van der Waals surface area contributed by atoms with Crippen LogP contribution in [0.3, 0.4) is 0 Å². The summed E-state index contributed by atoms with van der Waals surface area (Å²) in [6.45, 7) is 2.25. The standard InChI is InChI=1S/C3H8O.CH3.Na.H3O4P/c1-2-3-4;;;1-5(2,3)4/h4H,2-3H2,1H3;1H3;;(H3,1,2,3,4). The fourth-order valence-corrected chi connectivity index (χ4v) is 0. The van der Waals surface area contributed by atoms with Crippen molar-refractivity contribution in [2.75, 3.05) is 6.61 Å². The Morgan fingerprint density at radius 2 is 1.36 bits per heavy atom. The van der Waals surface area contributed by atoms with Gasteiger partial charge in [0.15, 0.2) is 0 Å². The molecular formula is C4H14NaO5P. The van der Waals surface area contributed by atoms with Crippen molar-refractivity contribution in [2.24, 2.45) is 0 Å². The Balaban J connectivity index is -0.0000000965. The fraction of sp³-hybridized carbons (Fsp3) is 1.00. The molecule has 0 aromatic rings. The van der Waals surface area contributed by atoms with Crippen LogP contribution in [0.5, 0.6) is 0 Å². The molecule has 0 aliphatic carbocycles. The predicted molar refractivity (Wildman–Crippen MR) is 43.3 cm³/mol. The van der Waals surface area contributed by atoms with Crippen LogP contribution in [0.4, 0.5) is 0 Å². The summed E-state index contributed by atoms with van der Waals surface area (Å²) in [5, 5.41) is 7.88. The van der Waals surface area contributed by atoms with Crippen LogP contribution in [-0.4, -0.2) is 54.3 Å². The predicted octanol–water partition coefficient (Wildman–Crippen LogP) is -0.337. The zero-order chi connectivity index (χ0) is 9.91. The van der Waals surface area contributed by atoms with Gasteiger partial charge in [0, 0.05) is 6.61 Å². The Hall–Kier alpha value is 1.07. The quantitative estimate of drug-likeness (QED) is 0.340. The van der Waals surface area contributed by atoms with Gasteiger partial charge in [-0.15, -0.1) is 0 Å². The molecule has 11 heavy (non-hydrogen) atoms. The Morgan fingerprint density at radius 1 is 1.27 bits per heavy atom. The third-order valence-corrected chi connectivity index (χ3v) is 0.224. The summed E-state index contributed by atoms with van der Waals surface area (Å²) in [6, 6.07) is 0. The van der Waals surface area contributed by atoms with Crippen molar-refractivity contribution in [3.8, 4) is 0 Å². The number of hydrogen-bond donors (Lipinski definition) is 4. The van der Waals surface area contributed by atoms with E-state index in [0.717, 1.165) is 6.42 Å². The van der Waals surface area contributed by atoms with Gasteiger partial charge in [-0.3, -0.25) is 0 Å². The molecular weight excluding hydrogens is 182 g/mol. The molecule has 5 nitrogen and oxygen atoms in total. The maximum absolute atomic E-state index is 8.88. The molecule has 0 spiro atoms. The molecule has 0 saturated heterocycles. The van der Waals surface area contributed by atoms with Gasteiger partial charge in [-0.1, -0.05) is 6.92 Å². The molecule has 0 amide bonds. The first-order chi connectivity index (χ1) is 4.91. The van der Waals surface area contributed by atoms with E-state index in [1.165, 1.54) is 27.9 Å². The number of phosphoric acid groups is 1. The van der Waals surface area contributed by atoms with Gasteiger partial charge < -0.3 is 19.8 Å². The molecule has 0 fully saturated rings. The van der Waals surface area contributed by atoms with E-state index in [2.05, 4.69) is 4.17 Å². The molecule has 0 bridgehead atoms. The number of aliphatic hydroxyl groups excluding tert-OH is 1. The van der Waals surface area contributed by atoms with Crippen molar-refractivity contribution in [3.05, 3.63) is 0 Å². The van der Waals surface area contributed by atoms with Crippen LogP contribution < -0.4 is 0 Å². The summed E-state index contributed by atoms with van der Waals surface area (Å²) in [4.78, 5) is 21.6. The summed E-state index contributed by atoms with van der Waals surface area (Å²) < 4.78 is 11.0. The molecule has 0 atom stereocenters. The van der Waals surface area contributed by atoms with E-state index in [1.807, 2.05) is 6.92 Å². The van der Waals surface area contributed by atoms with Crippen LogP contribution >= 0.6 is 7.82 Å². The van der Waals surface area contributed by atoms with Crippen LogP contribution in [0.25, 0.3) is 0 Å². The van der Waals surface area contributed by atoms with Gasteiger partial charge in [0.25, 0.3) is 0 Å². The van der Waals surface area contributed by atoms with Gasteiger partial charge >= 0.3 is 39.9 Å². The molecule has 0 aromatic heterocycles. The van der Waals surface area contributed by atoms with Crippen LogP contribution in [-0.2, 0) is 4.57 Å². The number of rotatable bonds is 1. The Kier molecular flexibility index (Phi) is 22.3. The molecule has 0 aliphatic rings. The third-order valence-electron chi connectivity index (χ3n) is 0.224. The number of hydrogen-bond acceptors (Lipinski definition) is 2. The zero-order valence-corrected chi connectivity index (χ0v) is 9.95. The topological polar surface area (TPSA) is 98.0 Å². The minimum absolute atomic E-state index is 0.319. The second kappa shape index (κ2) is 13.6. The van der Waals surface area contributed by atoms with E-state index in [4.69, 9.17) is 24.4 Å². The van der Waals surface area contributed by atoms with Crippen LogP contribution in [0.2, 0.25) is 4.17 Å². The molecule has 0 aromatic carbocycles. The van der Waals surface area contributed by atoms with E-state index in [1.54, 1.807) is 0 Å². The van der Waals surface area contributed by atoms with Crippen molar-refractivity contribution in [3.63, 3.8) is 0 Å². The molecule has 0 aliphatic heterocycles. The number of aliphatic hydroxyl groups is 1. The second-order valence-electron chi connectivity index (χ2n) is 1.24. The first-order valence-electron chi connectivity index (χ1n) is 3.31. The van der Waals surface area contributed by atoms with Gasteiger partial charge in [-0.05, 0) is 6.42 Å². The summed E-state index contributed by atoms with van der Waals surface area (Å²) in [5.41, 5.74) is 0. The van der Waals surface area contributed by atoms with Crippen LogP contribution in [0, 0.1) is 0 Å². The normalized spacial score (nSPS) is 8.73. The van der Waals surface area contributed by atoms with E-state index in [-0.39, 0.29) is 0 Å². The van der Waals surface area contributed by atoms with Gasteiger partial charge in [0.2, 0.25) is 0 Å². The summed E-state index contributed by atoms with van der Waals surface area (Å²) in [5.74, 6) is 0. The maximum atomic E-state index is 8.88. The fourth-order valence-electron chi connectivity index (χ4n) is 0. The van der Waals surface area contributed by atoms with Crippen molar-refractivity contribution in [2.45, 2.75) is 17.5 Å². The first-order valence-corrected chi connectivity index (χ1v) is 6.87. The van der Waals surface area contributed by atoms with Crippen molar-refractivity contribution in [1.29, 1.82) is 0 Å². The van der Waals surface area contributed by atoms with E-state index < -0.39 is 7.82 Å². The molecule has 0 unspecified atom stereocenters. The van der Waals surface area contributed by atoms with Crippen molar-refractivity contribution < 1.29 is 24.4 Å². The Morgan fingerprint density at radius 3 is 1.36 bits per heavy atom. The van der Waals surface area contributed by atoms with E-state index in [9.17, 15) is 0 Å². The SMILES string of the molecule is CCCO.O=P(O)(O)O.[CH3][Na]. The molecule has 0 radical (unpaired) electrons. The Bertz CT molecular complexity index is 82.2. The molecule has 0 saturated carbocycles. The second-order valence-corrected chi connectivity index (χ2v) is 2.26. The van der Waals surface area contributed by atoms with Gasteiger partial charge in [-0.25, -0.2) is 4.57 Å². The average Bonchev–Trinajstić information content (AvgIpc) is 1.89. The monoisotopic (exact) mass is 196 g/mol. The van der Waals surface area contributed by atoms with Crippen molar-refractivity contribution in [1.82, 2.24) is 0 Å². The summed E-state index contributed by atoms with van der Waals surface area (Å²) in [6.07, 6.45) is 0.875. The molecule has 66 valence electrons. The summed E-state index contributed by atoms with van der Waals surface area (Å²) in [7, 11) is -4.64. The Labute approximate surface area is 84.1 Å².